The van der Waals surface area contributed by atoms with Gasteiger partial charge in [-0.05, 0) is 53.4 Å². The molecular weight excluding hydrogens is 530 g/mol. The van der Waals surface area contributed by atoms with Gasteiger partial charge >= 0.3 is 0 Å². The Kier molecular flexibility index (Phi) is 18.6. The molecular formula is C28H57N7O6. The number of aliphatic hydroxyl groups excluding tert-OH is 4. The average molecular weight is 588 g/mol. The summed E-state index contributed by atoms with van der Waals surface area (Å²) in [5.74, 6) is -0.776. The average Bonchev–Trinajstić information content (AvgIpc) is 2.93. The van der Waals surface area contributed by atoms with Crippen LogP contribution in [0.25, 0.3) is 0 Å². The number of aliphatic imine (C=N–C) groups is 2. The third-order valence-electron chi connectivity index (χ3n) is 7.14. The number of nitrogens with zero attached hydrogens (tertiary/aromatic N) is 2. The second-order valence-electron chi connectivity index (χ2n) is 11.7. The zero-order valence-corrected chi connectivity index (χ0v) is 25.9. The van der Waals surface area contributed by atoms with Gasteiger partial charge in [-0.2, -0.15) is 0 Å². The summed E-state index contributed by atoms with van der Waals surface area (Å²) in [6.45, 7) is 13.4. The van der Waals surface area contributed by atoms with Crippen LogP contribution in [0.3, 0.4) is 0 Å². The zero-order valence-electron chi connectivity index (χ0n) is 25.9. The van der Waals surface area contributed by atoms with Crippen molar-refractivity contribution in [2.45, 2.75) is 128 Å². The topological polar surface area (TPSA) is 228 Å². The molecule has 4 unspecified atom stereocenters. The number of nitrogens with one attached hydrogen (secondary N) is 3. The van der Waals surface area contributed by atoms with Crippen molar-refractivity contribution in [2.75, 3.05) is 26.2 Å². The minimum atomic E-state index is -2.08. The van der Waals surface area contributed by atoms with E-state index < -0.39 is 41.8 Å². The molecule has 240 valence electrons. The number of carbonyl (C=O) groups excluding carboxylic acids is 2. The maximum atomic E-state index is 12.1. The third-order valence-corrected chi connectivity index (χ3v) is 7.14. The van der Waals surface area contributed by atoms with Gasteiger partial charge < -0.3 is 47.8 Å². The molecule has 0 fully saturated rings. The Labute approximate surface area is 245 Å². The lowest BCUT2D eigenvalue weighted by molar-refractivity contribution is -0.156. The fourth-order valence-corrected chi connectivity index (χ4v) is 3.51. The molecule has 0 rings (SSSR count). The van der Waals surface area contributed by atoms with Crippen molar-refractivity contribution in [2.24, 2.45) is 21.5 Å². The number of carbonyl (C=O) groups is 2. The number of amides is 2. The van der Waals surface area contributed by atoms with E-state index in [9.17, 15) is 30.0 Å². The van der Waals surface area contributed by atoms with Gasteiger partial charge in [0, 0.05) is 37.0 Å². The summed E-state index contributed by atoms with van der Waals surface area (Å²) in [4.78, 5) is 32.8. The van der Waals surface area contributed by atoms with Gasteiger partial charge in [-0.3, -0.25) is 19.6 Å². The van der Waals surface area contributed by atoms with Crippen molar-refractivity contribution in [3.05, 3.63) is 0 Å². The Morgan fingerprint density at radius 3 is 1.61 bits per heavy atom. The van der Waals surface area contributed by atoms with Gasteiger partial charge in [0.15, 0.2) is 12.2 Å². The number of nitrogens with two attached hydrogens (primary N) is 2. The van der Waals surface area contributed by atoms with E-state index >= 15 is 0 Å². The molecule has 2 amide bonds. The van der Waals surface area contributed by atoms with Crippen molar-refractivity contribution in [1.29, 1.82) is 0 Å². The number of hydrogen-bond donors (Lipinski definition) is 9. The number of aliphatic hydroxyl groups is 4. The summed E-state index contributed by atoms with van der Waals surface area (Å²) in [6, 6.07) is 0. The first-order chi connectivity index (χ1) is 19.1. The van der Waals surface area contributed by atoms with E-state index in [1.54, 1.807) is 13.8 Å². The fourth-order valence-electron chi connectivity index (χ4n) is 3.51. The van der Waals surface area contributed by atoms with Gasteiger partial charge in [-0.1, -0.05) is 26.7 Å². The molecule has 0 spiro atoms. The van der Waals surface area contributed by atoms with Crippen molar-refractivity contribution in [3.8, 4) is 0 Å². The van der Waals surface area contributed by atoms with Crippen LogP contribution in [0.5, 0.6) is 0 Å². The normalized spacial score (nSPS) is 16.1. The highest BCUT2D eigenvalue weighted by Gasteiger charge is 2.38. The summed E-state index contributed by atoms with van der Waals surface area (Å²) < 4.78 is 0. The van der Waals surface area contributed by atoms with Gasteiger partial charge in [0.1, 0.15) is 12.2 Å². The Bertz CT molecular complexity index is 835. The van der Waals surface area contributed by atoms with E-state index in [1.165, 1.54) is 0 Å². The molecule has 0 bridgehead atoms. The van der Waals surface area contributed by atoms with Crippen LogP contribution in [0.4, 0.5) is 0 Å². The maximum absolute atomic E-state index is 12.1. The van der Waals surface area contributed by atoms with E-state index in [4.69, 9.17) is 11.5 Å². The Balaban J connectivity index is 4.20. The first-order valence-electron chi connectivity index (χ1n) is 14.7. The summed E-state index contributed by atoms with van der Waals surface area (Å²) in [5.41, 5.74) is 11.4. The molecule has 11 N–H and O–H groups in total. The highest BCUT2D eigenvalue weighted by Crippen LogP contribution is 2.11. The van der Waals surface area contributed by atoms with E-state index in [2.05, 4.69) is 46.7 Å². The lowest BCUT2D eigenvalue weighted by Crippen LogP contribution is -2.57. The highest BCUT2D eigenvalue weighted by molar-refractivity contribution is 5.83. The quantitative estimate of drug-likeness (QED) is 0.0459. The van der Waals surface area contributed by atoms with Crippen molar-refractivity contribution in [3.63, 3.8) is 0 Å². The van der Waals surface area contributed by atoms with E-state index in [-0.39, 0.29) is 18.6 Å². The molecule has 13 nitrogen and oxygen atoms in total. The zero-order chi connectivity index (χ0) is 31.6. The van der Waals surface area contributed by atoms with Crippen LogP contribution in [0.15, 0.2) is 9.98 Å². The number of rotatable bonds is 22. The number of amidine groups is 2. The molecule has 0 aromatic heterocycles. The maximum Gasteiger partial charge on any atom is 0.252 e. The second kappa shape index (κ2) is 19.7. The van der Waals surface area contributed by atoms with Gasteiger partial charge in [-0.15, -0.1) is 0 Å². The van der Waals surface area contributed by atoms with E-state index in [0.29, 0.717) is 31.1 Å². The lowest BCUT2D eigenvalue weighted by atomic mass is 9.98. The molecule has 0 aliphatic rings. The summed E-state index contributed by atoms with van der Waals surface area (Å²) in [5, 5.41) is 48.6. The van der Waals surface area contributed by atoms with Crippen molar-refractivity contribution in [1.82, 2.24) is 16.0 Å². The molecule has 0 aromatic rings. The van der Waals surface area contributed by atoms with Gasteiger partial charge in [0.25, 0.3) is 11.8 Å². The monoisotopic (exact) mass is 587 g/mol. The Morgan fingerprint density at radius 1 is 0.707 bits per heavy atom. The predicted octanol–water partition coefficient (Wildman–Crippen LogP) is -0.316. The smallest absolute Gasteiger partial charge is 0.252 e. The SMILES string of the molecule is CCC(C)(C)NCCN=C(N)CCCCCCC(N)=NCCNC(=O)C(O)C(O)C(O)C(O)C(=O)NC(C)(C)CC. The molecule has 0 saturated carbocycles. The summed E-state index contributed by atoms with van der Waals surface area (Å²) in [6.07, 6.45) is -1.46. The molecule has 0 aromatic carbocycles. The van der Waals surface area contributed by atoms with Crippen LogP contribution in [0.2, 0.25) is 0 Å². The van der Waals surface area contributed by atoms with Crippen LogP contribution < -0.4 is 27.4 Å². The van der Waals surface area contributed by atoms with E-state index in [0.717, 1.165) is 45.1 Å². The standard InChI is InChI=1S/C28H57N7O6/c1-7-27(3,4)34-18-17-32-20(30)14-12-10-9-11-13-19(29)31-15-16-33-25(40)23(38)21(36)22(37)24(39)26(41)35-28(5,6)8-2/h21-24,34,36-39H,7-18H2,1-6H3,(H2,29,31)(H2,30,32)(H,33,40)(H,35,41). The fraction of sp³-hybridized carbons (Fsp3) is 0.857. The molecule has 0 heterocycles. The van der Waals surface area contributed by atoms with Gasteiger partial charge in [-0.25, -0.2) is 0 Å². The molecule has 0 aliphatic heterocycles. The van der Waals surface area contributed by atoms with E-state index in [1.807, 2.05) is 6.92 Å². The number of unbranched alkanes of at least 4 members (excludes halogenated alkanes) is 3. The van der Waals surface area contributed by atoms with Crippen LogP contribution >= 0.6 is 0 Å². The largest absolute Gasteiger partial charge is 0.387 e. The van der Waals surface area contributed by atoms with Gasteiger partial charge in [0.05, 0.1) is 24.8 Å². The summed E-state index contributed by atoms with van der Waals surface area (Å²) >= 11 is 0. The number of hydrogen-bond acceptors (Lipinski definition) is 9. The second-order valence-corrected chi connectivity index (χ2v) is 11.7. The minimum Gasteiger partial charge on any atom is -0.387 e. The minimum absolute atomic E-state index is 0.0389. The molecule has 13 heteroatoms. The van der Waals surface area contributed by atoms with Crippen LogP contribution in [-0.2, 0) is 9.59 Å². The highest BCUT2D eigenvalue weighted by atomic mass is 16.4. The van der Waals surface area contributed by atoms with Crippen LogP contribution in [0, 0.1) is 0 Å². The van der Waals surface area contributed by atoms with Crippen molar-refractivity contribution < 1.29 is 30.0 Å². The Morgan fingerprint density at radius 2 is 1.15 bits per heavy atom. The third kappa shape index (κ3) is 17.3. The molecule has 0 radical (unpaired) electrons. The predicted molar refractivity (Wildman–Crippen MR) is 163 cm³/mol. The van der Waals surface area contributed by atoms with Crippen LogP contribution in [-0.4, -0.2) is 106 Å². The first kappa shape index (κ1) is 38.7. The summed E-state index contributed by atoms with van der Waals surface area (Å²) in [7, 11) is 0. The molecule has 0 aliphatic carbocycles. The molecule has 4 atom stereocenters. The van der Waals surface area contributed by atoms with Crippen LogP contribution in [0.1, 0.15) is 92.9 Å². The van der Waals surface area contributed by atoms with Crippen molar-refractivity contribution >= 4 is 23.5 Å². The molecule has 41 heavy (non-hydrogen) atoms. The first-order valence-corrected chi connectivity index (χ1v) is 14.7. The molecule has 0 saturated heterocycles. The van der Waals surface area contributed by atoms with Gasteiger partial charge in [0.2, 0.25) is 0 Å². The lowest BCUT2D eigenvalue weighted by Gasteiger charge is -2.29. The Hall–Kier alpha value is -2.32.